The molecule has 4 nitrogen and oxygen atoms in total. The Morgan fingerprint density at radius 1 is 1.38 bits per heavy atom. The van der Waals surface area contributed by atoms with Crippen LogP contribution in [-0.4, -0.2) is 11.7 Å². The van der Waals surface area contributed by atoms with Crippen molar-refractivity contribution in [3.63, 3.8) is 0 Å². The van der Waals surface area contributed by atoms with Gasteiger partial charge in [0.25, 0.3) is 0 Å². The number of Topliss-reactive ketones (excluding diaryl/α,β-unsaturated/α-hetero) is 1. The molecular weight excluding hydrogens is 218 g/mol. The quantitative estimate of drug-likeness (QED) is 0.607. The summed E-state index contributed by atoms with van der Waals surface area (Å²) in [4.78, 5) is 21.8. The lowest BCUT2D eigenvalue weighted by Crippen LogP contribution is -2.16. The second kappa shape index (κ2) is 4.69. The summed E-state index contributed by atoms with van der Waals surface area (Å²) in [6.07, 6.45) is -0.335. The van der Waals surface area contributed by atoms with Gasteiger partial charge in [0.1, 0.15) is 5.78 Å². The highest BCUT2D eigenvalue weighted by Crippen LogP contribution is 2.23. The molecule has 86 valence electrons. The summed E-state index contributed by atoms with van der Waals surface area (Å²) in [5, 5.41) is 2.22. The topological polar surface area (TPSA) is 72.2 Å². The first-order chi connectivity index (χ1) is 7.41. The molecule has 0 unspecified atom stereocenters. The van der Waals surface area contributed by atoms with E-state index < -0.39 is 23.2 Å². The van der Waals surface area contributed by atoms with Gasteiger partial charge in [-0.3, -0.25) is 9.59 Å². The zero-order valence-electron chi connectivity index (χ0n) is 8.51. The van der Waals surface area contributed by atoms with Crippen molar-refractivity contribution < 1.29 is 18.4 Å². The Bertz CT molecular complexity index is 447. The first-order valence-corrected chi connectivity index (χ1v) is 4.44. The summed E-state index contributed by atoms with van der Waals surface area (Å²) in [7, 11) is 0. The summed E-state index contributed by atoms with van der Waals surface area (Å²) < 4.78 is 25.7. The second-order valence-corrected chi connectivity index (χ2v) is 3.25. The van der Waals surface area contributed by atoms with Crippen molar-refractivity contribution in [1.29, 1.82) is 0 Å². The number of carbonyl (C=O) groups excluding carboxylic acids is 2. The molecule has 1 aromatic rings. The molecule has 1 rings (SSSR count). The molecule has 3 N–H and O–H groups in total. The number of anilines is 2. The summed E-state index contributed by atoms with van der Waals surface area (Å²) in [5.41, 5.74) is 4.71. The highest BCUT2D eigenvalue weighted by atomic mass is 19.2. The highest BCUT2D eigenvalue weighted by molar-refractivity contribution is 6.04. The second-order valence-electron chi connectivity index (χ2n) is 3.25. The molecule has 0 aliphatic rings. The summed E-state index contributed by atoms with van der Waals surface area (Å²) in [6, 6.07) is 1.97. The van der Waals surface area contributed by atoms with E-state index in [9.17, 15) is 18.4 Å². The van der Waals surface area contributed by atoms with Gasteiger partial charge in [-0.25, -0.2) is 8.78 Å². The highest BCUT2D eigenvalue weighted by Gasteiger charge is 2.13. The third-order valence-corrected chi connectivity index (χ3v) is 1.82. The molecule has 0 bridgehead atoms. The van der Waals surface area contributed by atoms with E-state index in [1.165, 1.54) is 6.92 Å². The molecule has 0 radical (unpaired) electrons. The fourth-order valence-electron chi connectivity index (χ4n) is 1.10. The number of hydrogen-bond donors (Lipinski definition) is 2. The molecule has 0 spiro atoms. The van der Waals surface area contributed by atoms with E-state index in [0.717, 1.165) is 12.1 Å². The Hall–Kier alpha value is -1.98. The Labute approximate surface area is 90.4 Å². The molecule has 6 heteroatoms. The maximum absolute atomic E-state index is 13.0. The number of carbonyl (C=O) groups is 2. The van der Waals surface area contributed by atoms with Crippen molar-refractivity contribution >= 4 is 23.1 Å². The van der Waals surface area contributed by atoms with Crippen LogP contribution in [0, 0.1) is 11.6 Å². The number of halogens is 2. The van der Waals surface area contributed by atoms with Crippen LogP contribution in [0.4, 0.5) is 20.2 Å². The Morgan fingerprint density at radius 2 is 2.00 bits per heavy atom. The Balaban J connectivity index is 2.86. The molecule has 1 aromatic carbocycles. The van der Waals surface area contributed by atoms with Crippen LogP contribution in [0.5, 0.6) is 0 Å². The van der Waals surface area contributed by atoms with E-state index in [-0.39, 0.29) is 17.9 Å². The van der Waals surface area contributed by atoms with E-state index in [0.29, 0.717) is 0 Å². The van der Waals surface area contributed by atoms with Gasteiger partial charge >= 0.3 is 0 Å². The van der Waals surface area contributed by atoms with Crippen LogP contribution >= 0.6 is 0 Å². The lowest BCUT2D eigenvalue weighted by atomic mass is 10.2. The van der Waals surface area contributed by atoms with Crippen LogP contribution in [0.2, 0.25) is 0 Å². The third kappa shape index (κ3) is 2.75. The Morgan fingerprint density at radius 3 is 2.56 bits per heavy atom. The number of nitrogens with one attached hydrogen (secondary N) is 1. The zero-order valence-corrected chi connectivity index (χ0v) is 8.51. The standard InChI is InChI=1S/C10H10F2N2O2/c1-5(15)4-8(16)14-7-3-2-6(11)9(12)10(7)13/h2-3H,4,13H2,1H3,(H,14,16). The molecule has 0 aliphatic carbocycles. The molecule has 0 heterocycles. The van der Waals surface area contributed by atoms with Crippen molar-refractivity contribution in [2.75, 3.05) is 11.1 Å². The zero-order chi connectivity index (χ0) is 12.3. The average Bonchev–Trinajstić information content (AvgIpc) is 2.18. The Kier molecular flexibility index (Phi) is 3.55. The smallest absolute Gasteiger partial charge is 0.231 e. The van der Waals surface area contributed by atoms with Gasteiger partial charge in [-0.1, -0.05) is 0 Å². The fourth-order valence-corrected chi connectivity index (χ4v) is 1.10. The van der Waals surface area contributed by atoms with Gasteiger partial charge in [0.2, 0.25) is 5.91 Å². The van der Waals surface area contributed by atoms with Gasteiger partial charge in [0.05, 0.1) is 17.8 Å². The van der Waals surface area contributed by atoms with E-state index in [1.54, 1.807) is 0 Å². The molecule has 0 atom stereocenters. The minimum atomic E-state index is -1.22. The molecule has 16 heavy (non-hydrogen) atoms. The van der Waals surface area contributed by atoms with Gasteiger partial charge in [-0.2, -0.15) is 0 Å². The normalized spacial score (nSPS) is 9.94. The molecule has 1 amide bonds. The van der Waals surface area contributed by atoms with Gasteiger partial charge < -0.3 is 11.1 Å². The molecule has 0 saturated heterocycles. The van der Waals surface area contributed by atoms with Crippen LogP contribution in [-0.2, 0) is 9.59 Å². The third-order valence-electron chi connectivity index (χ3n) is 1.82. The van der Waals surface area contributed by atoms with Gasteiger partial charge in [-0.15, -0.1) is 0 Å². The molecule has 0 aliphatic heterocycles. The fraction of sp³-hybridized carbons (Fsp3) is 0.200. The van der Waals surface area contributed by atoms with E-state index in [4.69, 9.17) is 5.73 Å². The predicted molar refractivity (Wildman–Crippen MR) is 54.7 cm³/mol. The minimum absolute atomic E-state index is 0.0508. The predicted octanol–water partition coefficient (Wildman–Crippen LogP) is 1.46. The molecular formula is C10H10F2N2O2. The maximum Gasteiger partial charge on any atom is 0.231 e. The number of nitrogens with two attached hydrogens (primary N) is 1. The molecule has 0 fully saturated rings. The SMILES string of the molecule is CC(=O)CC(=O)Nc1ccc(F)c(F)c1N. The van der Waals surface area contributed by atoms with Crippen molar-refractivity contribution in [2.24, 2.45) is 0 Å². The lowest BCUT2D eigenvalue weighted by molar-refractivity contribution is -0.124. The summed E-state index contributed by atoms with van der Waals surface area (Å²) in [6.45, 7) is 1.24. The van der Waals surface area contributed by atoms with E-state index >= 15 is 0 Å². The molecule has 0 saturated carbocycles. The minimum Gasteiger partial charge on any atom is -0.395 e. The number of nitrogen functional groups attached to an aromatic ring is 1. The van der Waals surface area contributed by atoms with Gasteiger partial charge in [0.15, 0.2) is 11.6 Å². The maximum atomic E-state index is 13.0. The monoisotopic (exact) mass is 228 g/mol. The van der Waals surface area contributed by atoms with Crippen LogP contribution in [0.3, 0.4) is 0 Å². The summed E-state index contributed by atoms with van der Waals surface area (Å²) >= 11 is 0. The number of rotatable bonds is 3. The van der Waals surface area contributed by atoms with Crippen molar-refractivity contribution in [3.05, 3.63) is 23.8 Å². The number of ketones is 1. The van der Waals surface area contributed by atoms with Crippen LogP contribution in [0.25, 0.3) is 0 Å². The van der Waals surface area contributed by atoms with Crippen molar-refractivity contribution in [3.8, 4) is 0 Å². The largest absolute Gasteiger partial charge is 0.395 e. The van der Waals surface area contributed by atoms with Crippen LogP contribution in [0.15, 0.2) is 12.1 Å². The van der Waals surface area contributed by atoms with Crippen LogP contribution < -0.4 is 11.1 Å². The number of hydrogen-bond acceptors (Lipinski definition) is 3. The first kappa shape index (κ1) is 12.1. The lowest BCUT2D eigenvalue weighted by Gasteiger charge is -2.08. The van der Waals surface area contributed by atoms with E-state index in [2.05, 4.69) is 5.32 Å². The summed E-state index contributed by atoms with van der Waals surface area (Å²) in [5.74, 6) is -3.27. The van der Waals surface area contributed by atoms with Gasteiger partial charge in [-0.05, 0) is 19.1 Å². The van der Waals surface area contributed by atoms with Crippen molar-refractivity contribution in [1.82, 2.24) is 0 Å². The molecule has 0 aromatic heterocycles. The van der Waals surface area contributed by atoms with Gasteiger partial charge in [0, 0.05) is 0 Å². The number of benzene rings is 1. The first-order valence-electron chi connectivity index (χ1n) is 4.44. The van der Waals surface area contributed by atoms with Crippen molar-refractivity contribution in [2.45, 2.75) is 13.3 Å². The van der Waals surface area contributed by atoms with E-state index in [1.807, 2.05) is 0 Å². The number of amides is 1. The van der Waals surface area contributed by atoms with Crippen LogP contribution in [0.1, 0.15) is 13.3 Å². The average molecular weight is 228 g/mol.